The van der Waals surface area contributed by atoms with Crippen LogP contribution in [0.5, 0.6) is 0 Å². The highest BCUT2D eigenvalue weighted by Gasteiger charge is 2.32. The van der Waals surface area contributed by atoms with E-state index in [1.54, 1.807) is 0 Å². The molecule has 1 N–H and O–H groups in total. The van der Waals surface area contributed by atoms with Crippen molar-refractivity contribution in [3.63, 3.8) is 0 Å². The Morgan fingerprint density at radius 3 is 2.52 bits per heavy atom. The minimum Gasteiger partial charge on any atom is -0.258 e. The Hall–Kier alpha value is -2.50. The van der Waals surface area contributed by atoms with Crippen LogP contribution in [0.2, 0.25) is 0 Å². The summed E-state index contributed by atoms with van der Waals surface area (Å²) in [5.74, 6) is 0.0133. The molecule has 150 valence electrons. The summed E-state index contributed by atoms with van der Waals surface area (Å²) in [6.07, 6.45) is 3.61. The van der Waals surface area contributed by atoms with E-state index in [-0.39, 0.29) is 12.0 Å². The topological polar surface area (TPSA) is 59.1 Å². The van der Waals surface area contributed by atoms with Crippen molar-refractivity contribution in [3.05, 3.63) is 89.2 Å². The second kappa shape index (κ2) is 8.09. The molecule has 0 saturated heterocycles. The summed E-state index contributed by atoms with van der Waals surface area (Å²) >= 11 is 0. The Kier molecular flexibility index (Phi) is 5.52. The third-order valence-corrected chi connectivity index (χ3v) is 6.30. The maximum Gasteiger partial charge on any atom is 0.208 e. The largest absolute Gasteiger partial charge is 0.258 e. The fraction of sp³-hybridized carbons (Fsp3) is 0.292. The zero-order chi connectivity index (χ0) is 20.4. The SMILES string of the molecule is Cc1ccc2c(n1)[C@@H](Cc1cccc(-c3ccccc3)c1)[C@@H](NS(C)(=O)=O)CC2. The van der Waals surface area contributed by atoms with Gasteiger partial charge in [0.15, 0.2) is 0 Å². The van der Waals surface area contributed by atoms with E-state index in [1.165, 1.54) is 28.5 Å². The lowest BCUT2D eigenvalue weighted by Gasteiger charge is -2.33. The van der Waals surface area contributed by atoms with Gasteiger partial charge in [-0.2, -0.15) is 0 Å². The molecule has 0 spiro atoms. The molecule has 0 bridgehead atoms. The quantitative estimate of drug-likeness (QED) is 0.689. The highest BCUT2D eigenvalue weighted by Crippen LogP contribution is 2.34. The minimum absolute atomic E-state index is 0.0133. The summed E-state index contributed by atoms with van der Waals surface area (Å²) in [5.41, 5.74) is 6.76. The molecule has 3 aromatic rings. The molecule has 4 rings (SSSR count). The first-order valence-electron chi connectivity index (χ1n) is 9.97. The molecular formula is C24H26N2O2S. The van der Waals surface area contributed by atoms with E-state index < -0.39 is 10.0 Å². The van der Waals surface area contributed by atoms with Crippen molar-refractivity contribution in [1.82, 2.24) is 9.71 Å². The van der Waals surface area contributed by atoms with E-state index in [2.05, 4.69) is 47.2 Å². The van der Waals surface area contributed by atoms with Crippen LogP contribution in [0, 0.1) is 6.92 Å². The molecule has 0 unspecified atom stereocenters. The highest BCUT2D eigenvalue weighted by molar-refractivity contribution is 7.88. The lowest BCUT2D eigenvalue weighted by atomic mass is 9.79. The van der Waals surface area contributed by atoms with Crippen molar-refractivity contribution < 1.29 is 8.42 Å². The Labute approximate surface area is 173 Å². The molecule has 0 saturated carbocycles. The Balaban J connectivity index is 1.70. The van der Waals surface area contributed by atoms with Crippen LogP contribution in [0.4, 0.5) is 0 Å². The molecule has 0 radical (unpaired) electrons. The summed E-state index contributed by atoms with van der Waals surface area (Å²) in [6, 6.07) is 22.8. The monoisotopic (exact) mass is 406 g/mol. The second-order valence-corrected chi connectivity index (χ2v) is 9.69. The van der Waals surface area contributed by atoms with Crippen molar-refractivity contribution in [2.24, 2.45) is 0 Å². The lowest BCUT2D eigenvalue weighted by molar-refractivity contribution is 0.421. The molecule has 0 fully saturated rings. The van der Waals surface area contributed by atoms with Gasteiger partial charge in [0, 0.05) is 23.3 Å². The van der Waals surface area contributed by atoms with Gasteiger partial charge in [0.1, 0.15) is 0 Å². The summed E-state index contributed by atoms with van der Waals surface area (Å²) in [4.78, 5) is 4.82. The zero-order valence-corrected chi connectivity index (χ0v) is 17.6. The number of aryl methyl sites for hydroxylation is 2. The van der Waals surface area contributed by atoms with Crippen LogP contribution in [-0.4, -0.2) is 25.7 Å². The fourth-order valence-electron chi connectivity index (χ4n) is 4.26. The molecule has 0 amide bonds. The number of fused-ring (bicyclic) bond motifs is 1. The van der Waals surface area contributed by atoms with Gasteiger partial charge in [-0.3, -0.25) is 4.98 Å². The molecule has 0 aliphatic heterocycles. The number of nitrogens with zero attached hydrogens (tertiary/aromatic N) is 1. The summed E-state index contributed by atoms with van der Waals surface area (Å²) < 4.78 is 26.8. The second-order valence-electron chi connectivity index (χ2n) is 7.91. The third-order valence-electron chi connectivity index (χ3n) is 5.57. The molecule has 1 aliphatic carbocycles. The van der Waals surface area contributed by atoms with Crippen molar-refractivity contribution >= 4 is 10.0 Å². The van der Waals surface area contributed by atoms with E-state index in [1.807, 2.05) is 31.2 Å². The summed E-state index contributed by atoms with van der Waals surface area (Å²) in [6.45, 7) is 1.99. The molecule has 1 heterocycles. The van der Waals surface area contributed by atoms with Crippen LogP contribution in [0.25, 0.3) is 11.1 Å². The van der Waals surface area contributed by atoms with E-state index in [0.29, 0.717) is 0 Å². The maximum atomic E-state index is 12.0. The lowest BCUT2D eigenvalue weighted by Crippen LogP contribution is -2.42. The van der Waals surface area contributed by atoms with Crippen molar-refractivity contribution in [2.45, 2.75) is 38.1 Å². The maximum absolute atomic E-state index is 12.0. The predicted molar refractivity (Wildman–Crippen MR) is 117 cm³/mol. The molecule has 2 aromatic carbocycles. The Bertz CT molecular complexity index is 1110. The smallest absolute Gasteiger partial charge is 0.208 e. The number of hydrogen-bond donors (Lipinski definition) is 1. The molecular weight excluding hydrogens is 380 g/mol. The molecule has 2 atom stereocenters. The van der Waals surface area contributed by atoms with Gasteiger partial charge in [0.05, 0.1) is 6.26 Å². The van der Waals surface area contributed by atoms with Gasteiger partial charge < -0.3 is 0 Å². The van der Waals surface area contributed by atoms with Gasteiger partial charge in [-0.05, 0) is 54.5 Å². The first-order chi connectivity index (χ1) is 13.9. The van der Waals surface area contributed by atoms with Crippen LogP contribution in [0.15, 0.2) is 66.7 Å². The van der Waals surface area contributed by atoms with Gasteiger partial charge in [-0.1, -0.05) is 60.7 Å². The fourth-order valence-corrected chi connectivity index (χ4v) is 5.09. The highest BCUT2D eigenvalue weighted by atomic mass is 32.2. The standard InChI is InChI=1S/C24H26N2O2S/c1-17-11-12-20-13-14-23(26-29(2,27)28)22(24(20)25-17)16-18-7-6-10-21(15-18)19-8-4-3-5-9-19/h3-12,15,22-23,26H,13-14,16H2,1-2H3/t22-,23-/m0/s1. The minimum atomic E-state index is -3.29. The first kappa shape index (κ1) is 19.8. The molecule has 1 aliphatic rings. The predicted octanol–water partition coefficient (Wildman–Crippen LogP) is 4.25. The van der Waals surface area contributed by atoms with Crippen LogP contribution in [0.3, 0.4) is 0 Å². The third kappa shape index (κ3) is 4.74. The van der Waals surface area contributed by atoms with Crippen molar-refractivity contribution in [3.8, 4) is 11.1 Å². The van der Waals surface area contributed by atoms with E-state index >= 15 is 0 Å². The normalized spacial score (nSPS) is 19.0. The Morgan fingerprint density at radius 2 is 1.76 bits per heavy atom. The molecule has 1 aromatic heterocycles. The molecule has 29 heavy (non-hydrogen) atoms. The van der Waals surface area contributed by atoms with Gasteiger partial charge in [0.25, 0.3) is 0 Å². The first-order valence-corrected chi connectivity index (χ1v) is 11.9. The number of nitrogens with one attached hydrogen (secondary N) is 1. The molecule has 5 heteroatoms. The van der Waals surface area contributed by atoms with Crippen LogP contribution in [-0.2, 0) is 22.9 Å². The van der Waals surface area contributed by atoms with E-state index in [4.69, 9.17) is 4.98 Å². The number of benzene rings is 2. The van der Waals surface area contributed by atoms with Gasteiger partial charge >= 0.3 is 0 Å². The average molecular weight is 407 g/mol. The number of rotatable bonds is 5. The number of aromatic nitrogens is 1. The summed E-state index contributed by atoms with van der Waals surface area (Å²) in [5, 5.41) is 0. The number of pyridine rings is 1. The van der Waals surface area contributed by atoms with Crippen molar-refractivity contribution in [2.75, 3.05) is 6.26 Å². The van der Waals surface area contributed by atoms with E-state index in [9.17, 15) is 8.42 Å². The van der Waals surface area contributed by atoms with E-state index in [0.717, 1.165) is 30.7 Å². The van der Waals surface area contributed by atoms with Gasteiger partial charge in [0.2, 0.25) is 10.0 Å². The molecule has 4 nitrogen and oxygen atoms in total. The van der Waals surface area contributed by atoms with Gasteiger partial charge in [-0.25, -0.2) is 13.1 Å². The summed E-state index contributed by atoms with van der Waals surface area (Å²) in [7, 11) is -3.29. The van der Waals surface area contributed by atoms with Crippen LogP contribution >= 0.6 is 0 Å². The average Bonchev–Trinajstić information content (AvgIpc) is 2.70. The van der Waals surface area contributed by atoms with Crippen LogP contribution in [0.1, 0.15) is 34.9 Å². The van der Waals surface area contributed by atoms with Gasteiger partial charge in [-0.15, -0.1) is 0 Å². The van der Waals surface area contributed by atoms with Crippen molar-refractivity contribution in [1.29, 1.82) is 0 Å². The Morgan fingerprint density at radius 1 is 1.00 bits per heavy atom. The zero-order valence-electron chi connectivity index (χ0n) is 16.8. The van der Waals surface area contributed by atoms with Crippen LogP contribution < -0.4 is 4.72 Å². The number of sulfonamides is 1. The number of hydrogen-bond acceptors (Lipinski definition) is 3.